The second-order valence-corrected chi connectivity index (χ2v) is 12.5. The standard InChI is InChI=1S/C40H48N5O6/c1-31-42-24-26-44(31)25-13-12-21-36(22-14-23-43-39(49)51-28-34-17-8-4-9-18-34)40(30-46,35-19-10-5-11-20-35)45(32(2)47)38(48)37(41)29-50-27-33-15-6-3-7-16-33/h3-11,15-20,24,26,36-37H,12-14,21-23,25,27-29,41H2,1-2H3,(H,43,49)/t36?,37-,40-/m0/s1. The van der Waals surface area contributed by atoms with Crippen molar-refractivity contribution < 1.29 is 28.7 Å². The smallest absolute Gasteiger partial charge is 0.407 e. The first-order chi connectivity index (χ1) is 24.8. The van der Waals surface area contributed by atoms with Crippen molar-refractivity contribution in [2.24, 2.45) is 11.7 Å². The Morgan fingerprint density at radius 2 is 1.51 bits per heavy atom. The summed E-state index contributed by atoms with van der Waals surface area (Å²) in [5.41, 5.74) is 6.83. The van der Waals surface area contributed by atoms with E-state index in [-0.39, 0.29) is 26.4 Å². The summed E-state index contributed by atoms with van der Waals surface area (Å²) >= 11 is 0. The number of imidazole rings is 1. The van der Waals surface area contributed by atoms with Crippen molar-refractivity contribution in [1.29, 1.82) is 0 Å². The first kappa shape index (κ1) is 38.7. The van der Waals surface area contributed by atoms with Gasteiger partial charge in [0.2, 0.25) is 18.1 Å². The molecule has 0 fully saturated rings. The maximum Gasteiger partial charge on any atom is 0.407 e. The van der Waals surface area contributed by atoms with Crippen LogP contribution >= 0.6 is 0 Å². The van der Waals surface area contributed by atoms with Gasteiger partial charge in [-0.25, -0.2) is 9.78 Å². The fourth-order valence-corrected chi connectivity index (χ4v) is 6.31. The Morgan fingerprint density at radius 3 is 2.10 bits per heavy atom. The molecule has 0 aliphatic rings. The molecule has 269 valence electrons. The SMILES string of the molecule is CC(=O)N(C(=O)[C@@H](N)COCc1ccccc1)[C@@]([C]=O)(c1ccccc1)C(CCCCn1ccnc1C)CCCNC(=O)OCc1ccccc1. The predicted molar refractivity (Wildman–Crippen MR) is 194 cm³/mol. The van der Waals surface area contributed by atoms with Gasteiger partial charge in [-0.05, 0) is 55.2 Å². The molecule has 3 aromatic carbocycles. The normalized spacial score (nSPS) is 13.4. The van der Waals surface area contributed by atoms with E-state index in [2.05, 4.69) is 21.2 Å². The summed E-state index contributed by atoms with van der Waals surface area (Å²) in [5, 5.41) is 2.79. The third-order valence-corrected chi connectivity index (χ3v) is 8.91. The lowest BCUT2D eigenvalue weighted by Crippen LogP contribution is -2.61. The molecule has 0 saturated heterocycles. The van der Waals surface area contributed by atoms with Gasteiger partial charge in [-0.2, -0.15) is 0 Å². The number of nitrogens with two attached hydrogens (primary N) is 1. The Kier molecular flexibility index (Phi) is 15.1. The largest absolute Gasteiger partial charge is 0.445 e. The van der Waals surface area contributed by atoms with Crippen molar-refractivity contribution in [3.8, 4) is 0 Å². The maximum absolute atomic E-state index is 14.2. The number of amides is 3. The molecular weight excluding hydrogens is 646 g/mol. The molecule has 4 aromatic rings. The van der Waals surface area contributed by atoms with Gasteiger partial charge in [-0.3, -0.25) is 19.3 Å². The number of unbranched alkanes of at least 4 members (excludes halogenated alkanes) is 1. The van der Waals surface area contributed by atoms with E-state index < -0.39 is 35.4 Å². The average Bonchev–Trinajstić information content (AvgIpc) is 3.57. The van der Waals surface area contributed by atoms with Crippen LogP contribution in [0, 0.1) is 12.8 Å². The molecule has 1 aromatic heterocycles. The summed E-state index contributed by atoms with van der Waals surface area (Å²) in [6.07, 6.45) is 8.04. The van der Waals surface area contributed by atoms with Gasteiger partial charge >= 0.3 is 6.09 Å². The zero-order valence-corrected chi connectivity index (χ0v) is 29.4. The van der Waals surface area contributed by atoms with Crippen LogP contribution in [0.1, 0.15) is 61.5 Å². The summed E-state index contributed by atoms with van der Waals surface area (Å²) in [5.74, 6) is -1.03. The van der Waals surface area contributed by atoms with Crippen LogP contribution in [0.25, 0.3) is 0 Å². The van der Waals surface area contributed by atoms with Crippen LogP contribution < -0.4 is 11.1 Å². The van der Waals surface area contributed by atoms with Gasteiger partial charge < -0.3 is 25.1 Å². The van der Waals surface area contributed by atoms with Crippen molar-refractivity contribution in [1.82, 2.24) is 19.8 Å². The first-order valence-corrected chi connectivity index (χ1v) is 17.3. The topological polar surface area (TPSA) is 146 Å². The van der Waals surface area contributed by atoms with Crippen molar-refractivity contribution in [2.45, 2.75) is 77.3 Å². The number of ether oxygens (including phenoxy) is 2. The molecule has 11 nitrogen and oxygen atoms in total. The summed E-state index contributed by atoms with van der Waals surface area (Å²) in [6.45, 7) is 4.36. The van der Waals surface area contributed by atoms with E-state index in [1.807, 2.05) is 73.8 Å². The lowest BCUT2D eigenvalue weighted by Gasteiger charge is -2.44. The van der Waals surface area contributed by atoms with E-state index in [0.29, 0.717) is 31.2 Å². The van der Waals surface area contributed by atoms with Crippen LogP contribution in [-0.2, 0) is 49.2 Å². The molecule has 11 heteroatoms. The number of nitrogens with one attached hydrogen (secondary N) is 1. The second kappa shape index (κ2) is 19.9. The van der Waals surface area contributed by atoms with Gasteiger partial charge in [0, 0.05) is 32.4 Å². The second-order valence-electron chi connectivity index (χ2n) is 12.5. The Bertz CT molecular complexity index is 1670. The molecule has 0 aliphatic heterocycles. The Labute approximate surface area is 300 Å². The molecule has 0 saturated carbocycles. The number of carbonyl (C=O) groups is 3. The van der Waals surface area contributed by atoms with Crippen LogP contribution in [0.4, 0.5) is 4.79 Å². The van der Waals surface area contributed by atoms with Gasteiger partial charge in [0.25, 0.3) is 0 Å². The van der Waals surface area contributed by atoms with Gasteiger partial charge in [-0.15, -0.1) is 0 Å². The highest BCUT2D eigenvalue weighted by Crippen LogP contribution is 2.41. The summed E-state index contributed by atoms with van der Waals surface area (Å²) in [4.78, 5) is 59.0. The Balaban J connectivity index is 1.55. The van der Waals surface area contributed by atoms with Gasteiger partial charge in [0.05, 0.1) is 13.2 Å². The van der Waals surface area contributed by atoms with Crippen molar-refractivity contribution in [3.05, 3.63) is 126 Å². The van der Waals surface area contributed by atoms with Crippen LogP contribution in [-0.4, -0.2) is 57.8 Å². The third kappa shape index (κ3) is 10.9. The molecule has 0 bridgehead atoms. The molecule has 1 radical (unpaired) electrons. The number of hydrogen-bond donors (Lipinski definition) is 2. The van der Waals surface area contributed by atoms with Crippen LogP contribution in [0.3, 0.4) is 0 Å². The zero-order chi connectivity index (χ0) is 36.5. The zero-order valence-electron chi connectivity index (χ0n) is 29.4. The van der Waals surface area contributed by atoms with E-state index in [0.717, 1.165) is 34.8 Å². The fraction of sp³-hybridized carbons (Fsp3) is 0.375. The van der Waals surface area contributed by atoms with E-state index in [1.165, 1.54) is 6.92 Å². The minimum absolute atomic E-state index is 0.133. The van der Waals surface area contributed by atoms with Crippen LogP contribution in [0.15, 0.2) is 103 Å². The predicted octanol–water partition coefficient (Wildman–Crippen LogP) is 5.61. The maximum atomic E-state index is 14.2. The summed E-state index contributed by atoms with van der Waals surface area (Å²) < 4.78 is 13.2. The summed E-state index contributed by atoms with van der Waals surface area (Å²) in [7, 11) is 0. The molecule has 3 N–H and O–H groups in total. The molecule has 0 spiro atoms. The lowest BCUT2D eigenvalue weighted by atomic mass is 9.72. The number of carbonyl (C=O) groups excluding carboxylic acids is 4. The molecule has 3 atom stereocenters. The number of alkyl carbamates (subject to hydrolysis) is 1. The monoisotopic (exact) mass is 694 g/mol. The molecule has 1 unspecified atom stereocenters. The highest BCUT2D eigenvalue weighted by atomic mass is 16.5. The molecule has 51 heavy (non-hydrogen) atoms. The summed E-state index contributed by atoms with van der Waals surface area (Å²) in [6, 6.07) is 26.4. The number of benzene rings is 3. The first-order valence-electron chi connectivity index (χ1n) is 17.3. The minimum atomic E-state index is -1.79. The highest BCUT2D eigenvalue weighted by molar-refractivity contribution is 6.01. The van der Waals surface area contributed by atoms with Crippen molar-refractivity contribution in [3.63, 3.8) is 0 Å². The van der Waals surface area contributed by atoms with Gasteiger partial charge in [0.15, 0.2) is 0 Å². The number of rotatable bonds is 20. The van der Waals surface area contributed by atoms with E-state index >= 15 is 0 Å². The van der Waals surface area contributed by atoms with Crippen LogP contribution in [0.2, 0.25) is 0 Å². The Hall–Kier alpha value is -5.13. The number of aromatic nitrogens is 2. The number of imide groups is 1. The average molecular weight is 695 g/mol. The molecule has 1 heterocycles. The fourth-order valence-electron chi connectivity index (χ4n) is 6.31. The lowest BCUT2D eigenvalue weighted by molar-refractivity contribution is -0.153. The van der Waals surface area contributed by atoms with E-state index in [4.69, 9.17) is 15.2 Å². The highest BCUT2D eigenvalue weighted by Gasteiger charge is 2.51. The van der Waals surface area contributed by atoms with Gasteiger partial charge in [-0.1, -0.05) is 97.4 Å². The third-order valence-electron chi connectivity index (χ3n) is 8.91. The molecule has 0 aliphatic carbocycles. The quantitative estimate of drug-likeness (QED) is 0.114. The van der Waals surface area contributed by atoms with E-state index in [1.54, 1.807) is 36.5 Å². The van der Waals surface area contributed by atoms with Crippen molar-refractivity contribution >= 4 is 24.2 Å². The molecule has 3 amide bonds. The number of nitrogens with zero attached hydrogens (tertiary/aromatic N) is 3. The van der Waals surface area contributed by atoms with E-state index in [9.17, 15) is 19.2 Å². The minimum Gasteiger partial charge on any atom is -0.445 e. The number of aryl methyl sites for hydroxylation is 2. The number of hydrogen-bond acceptors (Lipinski definition) is 8. The molecular formula is C40H48N5O6. The Morgan fingerprint density at radius 1 is 0.902 bits per heavy atom. The van der Waals surface area contributed by atoms with Gasteiger partial charge in [0.1, 0.15) is 24.0 Å². The van der Waals surface area contributed by atoms with Crippen molar-refractivity contribution in [2.75, 3.05) is 13.2 Å². The van der Waals surface area contributed by atoms with Crippen LogP contribution in [0.5, 0.6) is 0 Å². The molecule has 4 rings (SSSR count).